The van der Waals surface area contributed by atoms with Crippen molar-refractivity contribution in [1.82, 2.24) is 4.31 Å². The zero-order valence-corrected chi connectivity index (χ0v) is 13.5. The summed E-state index contributed by atoms with van der Waals surface area (Å²) >= 11 is 3.45. The molecular formula is C12H24BrNO2S. The fraction of sp³-hybridized carbons (Fsp3) is 1.00. The van der Waals surface area contributed by atoms with E-state index in [1.54, 1.807) is 4.31 Å². The summed E-state index contributed by atoms with van der Waals surface area (Å²) in [5.41, 5.74) is -0.179. The van der Waals surface area contributed by atoms with Crippen molar-refractivity contribution in [3.8, 4) is 0 Å². The molecule has 1 aliphatic heterocycles. The molecule has 1 heterocycles. The standard InChI is InChI=1S/C12H24BrNO2S/c1-12(2,3)10-17(15,16)14-8-6-4-5-7-11(14)9-13/h11H,4-10H2,1-3H3. The van der Waals surface area contributed by atoms with Crippen molar-refractivity contribution in [1.29, 1.82) is 0 Å². The van der Waals surface area contributed by atoms with Crippen LogP contribution in [0.15, 0.2) is 0 Å². The quantitative estimate of drug-likeness (QED) is 0.748. The number of sulfonamides is 1. The van der Waals surface area contributed by atoms with Gasteiger partial charge in [-0.1, -0.05) is 49.5 Å². The molecule has 0 radical (unpaired) electrons. The monoisotopic (exact) mass is 325 g/mol. The van der Waals surface area contributed by atoms with Crippen LogP contribution < -0.4 is 0 Å². The number of rotatable bonds is 3. The molecule has 102 valence electrons. The van der Waals surface area contributed by atoms with Crippen LogP contribution in [0.3, 0.4) is 0 Å². The largest absolute Gasteiger partial charge is 0.214 e. The van der Waals surface area contributed by atoms with E-state index in [0.29, 0.717) is 6.54 Å². The average molecular weight is 326 g/mol. The highest BCUT2D eigenvalue weighted by Crippen LogP contribution is 2.25. The van der Waals surface area contributed by atoms with E-state index < -0.39 is 10.0 Å². The van der Waals surface area contributed by atoms with Gasteiger partial charge in [-0.15, -0.1) is 0 Å². The van der Waals surface area contributed by atoms with Gasteiger partial charge in [0, 0.05) is 17.9 Å². The molecule has 0 aromatic heterocycles. The number of hydrogen-bond donors (Lipinski definition) is 0. The summed E-state index contributed by atoms with van der Waals surface area (Å²) in [6, 6.07) is 0.143. The first-order valence-electron chi connectivity index (χ1n) is 6.32. The summed E-state index contributed by atoms with van der Waals surface area (Å²) in [5.74, 6) is 0.240. The van der Waals surface area contributed by atoms with Gasteiger partial charge in [-0.05, 0) is 18.3 Å². The first-order valence-corrected chi connectivity index (χ1v) is 9.05. The van der Waals surface area contributed by atoms with Gasteiger partial charge < -0.3 is 0 Å². The summed E-state index contributed by atoms with van der Waals surface area (Å²) in [4.78, 5) is 0. The van der Waals surface area contributed by atoms with Gasteiger partial charge in [0.2, 0.25) is 10.0 Å². The Balaban J connectivity index is 2.86. The maximum absolute atomic E-state index is 12.4. The molecule has 0 saturated carbocycles. The molecule has 5 heteroatoms. The summed E-state index contributed by atoms with van der Waals surface area (Å²) in [6.45, 7) is 6.62. The molecule has 1 unspecified atom stereocenters. The van der Waals surface area contributed by atoms with Gasteiger partial charge in [-0.2, -0.15) is 4.31 Å². The number of nitrogens with zero attached hydrogens (tertiary/aromatic N) is 1. The number of halogens is 1. The first kappa shape index (κ1) is 15.4. The van der Waals surface area contributed by atoms with Crippen LogP contribution in [0.25, 0.3) is 0 Å². The van der Waals surface area contributed by atoms with Crippen molar-refractivity contribution in [3.05, 3.63) is 0 Å². The summed E-state index contributed by atoms with van der Waals surface area (Å²) in [6.07, 6.45) is 4.25. The second kappa shape index (κ2) is 6.02. The molecule has 1 aliphatic rings. The minimum absolute atomic E-state index is 0.143. The molecule has 0 N–H and O–H groups in total. The van der Waals surface area contributed by atoms with Crippen LogP contribution in [0.2, 0.25) is 0 Å². The highest BCUT2D eigenvalue weighted by molar-refractivity contribution is 9.09. The maximum atomic E-state index is 12.4. The van der Waals surface area contributed by atoms with Crippen molar-refractivity contribution in [3.63, 3.8) is 0 Å². The molecule has 1 saturated heterocycles. The number of hydrogen-bond acceptors (Lipinski definition) is 2. The Labute approximate surface area is 114 Å². The highest BCUT2D eigenvalue weighted by Gasteiger charge is 2.33. The third-order valence-electron chi connectivity index (χ3n) is 2.97. The second-order valence-electron chi connectivity index (χ2n) is 6.09. The Morgan fingerprint density at radius 2 is 1.88 bits per heavy atom. The molecule has 0 aliphatic carbocycles. The SMILES string of the molecule is CC(C)(C)CS(=O)(=O)N1CCCCCC1CBr. The van der Waals surface area contributed by atoms with Crippen LogP contribution in [0.4, 0.5) is 0 Å². The lowest BCUT2D eigenvalue weighted by atomic mass is 10.0. The molecule has 3 nitrogen and oxygen atoms in total. The molecule has 1 atom stereocenters. The fourth-order valence-electron chi connectivity index (χ4n) is 2.30. The molecule has 0 spiro atoms. The fourth-order valence-corrected chi connectivity index (χ4v) is 5.47. The van der Waals surface area contributed by atoms with E-state index in [1.807, 2.05) is 20.8 Å². The first-order chi connectivity index (χ1) is 7.76. The molecule has 17 heavy (non-hydrogen) atoms. The smallest absolute Gasteiger partial charge is 0.212 e. The molecular weight excluding hydrogens is 302 g/mol. The Bertz CT molecular complexity index is 335. The van der Waals surface area contributed by atoms with Crippen LogP contribution in [-0.2, 0) is 10.0 Å². The van der Waals surface area contributed by atoms with Gasteiger partial charge in [-0.25, -0.2) is 8.42 Å². The van der Waals surface area contributed by atoms with Crippen LogP contribution in [-0.4, -0.2) is 36.4 Å². The van der Waals surface area contributed by atoms with E-state index >= 15 is 0 Å². The molecule has 0 amide bonds. The summed E-state index contributed by atoms with van der Waals surface area (Å²) in [5, 5.41) is 0.746. The number of alkyl halides is 1. The molecule has 1 rings (SSSR count). The Morgan fingerprint density at radius 1 is 1.24 bits per heavy atom. The zero-order valence-electron chi connectivity index (χ0n) is 11.1. The van der Waals surface area contributed by atoms with E-state index in [9.17, 15) is 8.42 Å². The van der Waals surface area contributed by atoms with Gasteiger partial charge in [0.1, 0.15) is 0 Å². The third kappa shape index (κ3) is 4.87. The van der Waals surface area contributed by atoms with Gasteiger partial charge in [0.05, 0.1) is 5.75 Å². The van der Waals surface area contributed by atoms with Crippen molar-refractivity contribution in [2.75, 3.05) is 17.6 Å². The normalized spacial score (nSPS) is 24.6. The van der Waals surface area contributed by atoms with Crippen LogP contribution in [0, 0.1) is 5.41 Å². The second-order valence-corrected chi connectivity index (χ2v) is 8.65. The van der Waals surface area contributed by atoms with Gasteiger partial charge >= 0.3 is 0 Å². The lowest BCUT2D eigenvalue weighted by molar-refractivity contribution is 0.337. The van der Waals surface area contributed by atoms with Crippen molar-refractivity contribution >= 4 is 26.0 Å². The predicted molar refractivity (Wildman–Crippen MR) is 76.0 cm³/mol. The Morgan fingerprint density at radius 3 is 2.41 bits per heavy atom. The summed E-state index contributed by atoms with van der Waals surface area (Å²) < 4.78 is 26.6. The zero-order chi connectivity index (χ0) is 13.1. The maximum Gasteiger partial charge on any atom is 0.214 e. The minimum atomic E-state index is -3.12. The van der Waals surface area contributed by atoms with E-state index in [2.05, 4.69) is 15.9 Å². The van der Waals surface area contributed by atoms with Gasteiger partial charge in [0.15, 0.2) is 0 Å². The van der Waals surface area contributed by atoms with E-state index in [4.69, 9.17) is 0 Å². The topological polar surface area (TPSA) is 37.4 Å². The van der Waals surface area contributed by atoms with Gasteiger partial charge in [-0.3, -0.25) is 0 Å². The van der Waals surface area contributed by atoms with Crippen LogP contribution >= 0.6 is 15.9 Å². The molecule has 0 bridgehead atoms. The highest BCUT2D eigenvalue weighted by atomic mass is 79.9. The Hall–Kier alpha value is 0.390. The minimum Gasteiger partial charge on any atom is -0.212 e. The lowest BCUT2D eigenvalue weighted by Gasteiger charge is -2.30. The van der Waals surface area contributed by atoms with Gasteiger partial charge in [0.25, 0.3) is 0 Å². The molecule has 0 aromatic rings. The molecule has 1 fully saturated rings. The Kier molecular flexibility index (Phi) is 5.47. The lowest BCUT2D eigenvalue weighted by Crippen LogP contribution is -2.44. The van der Waals surface area contributed by atoms with Crippen molar-refractivity contribution in [2.45, 2.75) is 52.5 Å². The van der Waals surface area contributed by atoms with E-state index in [0.717, 1.165) is 31.0 Å². The average Bonchev–Trinajstić information content (AvgIpc) is 2.38. The predicted octanol–water partition coefficient (Wildman–Crippen LogP) is 3.00. The van der Waals surface area contributed by atoms with Crippen LogP contribution in [0.5, 0.6) is 0 Å². The van der Waals surface area contributed by atoms with Crippen molar-refractivity contribution in [2.24, 2.45) is 5.41 Å². The molecule has 0 aromatic carbocycles. The third-order valence-corrected chi connectivity index (χ3v) is 6.15. The van der Waals surface area contributed by atoms with E-state index in [1.165, 1.54) is 0 Å². The van der Waals surface area contributed by atoms with E-state index in [-0.39, 0.29) is 17.2 Å². The van der Waals surface area contributed by atoms with Crippen LogP contribution in [0.1, 0.15) is 46.5 Å². The van der Waals surface area contributed by atoms with Crippen molar-refractivity contribution < 1.29 is 8.42 Å². The summed E-state index contributed by atoms with van der Waals surface area (Å²) in [7, 11) is -3.12.